The first-order valence-corrected chi connectivity index (χ1v) is 10.2. The van der Waals surface area contributed by atoms with Gasteiger partial charge in [-0.3, -0.25) is 4.90 Å². The summed E-state index contributed by atoms with van der Waals surface area (Å²) in [4.78, 5) is 6.39. The van der Waals surface area contributed by atoms with Crippen LogP contribution in [0.1, 0.15) is 28.6 Å². The molecule has 1 heterocycles. The second-order valence-corrected chi connectivity index (χ2v) is 8.32. The van der Waals surface area contributed by atoms with Gasteiger partial charge in [0, 0.05) is 42.5 Å². The number of ether oxygens (including phenoxy) is 1. The maximum atomic E-state index is 10.6. The lowest BCUT2D eigenvalue weighted by Gasteiger charge is -2.28. The van der Waals surface area contributed by atoms with E-state index in [2.05, 4.69) is 9.88 Å². The van der Waals surface area contributed by atoms with Crippen LogP contribution in [-0.2, 0) is 26.6 Å². The smallest absolute Gasteiger partial charge is 0.146 e. The molecule has 0 amide bonds. The summed E-state index contributed by atoms with van der Waals surface area (Å²) in [5.41, 5.74) is 3.12. The van der Waals surface area contributed by atoms with E-state index < -0.39 is 6.10 Å². The fraction of sp³-hybridized carbons (Fsp3) is 0.318. The molecule has 1 aromatic heterocycles. The fourth-order valence-corrected chi connectivity index (χ4v) is 4.51. The molecule has 0 saturated carbocycles. The molecule has 0 spiro atoms. The van der Waals surface area contributed by atoms with Crippen LogP contribution in [0, 0.1) is 0 Å². The molecule has 0 saturated heterocycles. The molecule has 4 rings (SSSR count). The van der Waals surface area contributed by atoms with Crippen LogP contribution >= 0.6 is 23.2 Å². The Morgan fingerprint density at radius 3 is 2.69 bits per heavy atom. The van der Waals surface area contributed by atoms with Gasteiger partial charge in [0.05, 0.1) is 12.1 Å². The Hall–Kier alpha value is -2.05. The minimum absolute atomic E-state index is 0.138. The SMILES string of the molecule is CN(Cc1ccc(OCc2nccn2C)cc1)C1c2cc(Cl)cc(Cl)c2CC1O. The van der Waals surface area contributed by atoms with Gasteiger partial charge in [0.2, 0.25) is 0 Å². The summed E-state index contributed by atoms with van der Waals surface area (Å²) >= 11 is 12.5. The molecule has 0 fully saturated rings. The maximum absolute atomic E-state index is 10.6. The van der Waals surface area contributed by atoms with E-state index in [4.69, 9.17) is 27.9 Å². The number of hydrogen-bond acceptors (Lipinski definition) is 4. The summed E-state index contributed by atoms with van der Waals surface area (Å²) < 4.78 is 7.75. The standard InChI is InChI=1S/C22H23Cl2N3O2/c1-26-8-7-25-21(26)13-29-16-5-3-14(4-6-16)12-27(2)22-18-9-15(23)10-19(24)17(18)11-20(22)28/h3-10,20,22,28H,11-13H2,1-2H3. The molecule has 1 N–H and O–H groups in total. The Bertz CT molecular complexity index is 1000. The van der Waals surface area contributed by atoms with E-state index in [0.29, 0.717) is 29.6 Å². The Balaban J connectivity index is 1.43. The van der Waals surface area contributed by atoms with E-state index >= 15 is 0 Å². The van der Waals surface area contributed by atoms with E-state index in [1.807, 2.05) is 55.2 Å². The first-order valence-electron chi connectivity index (χ1n) is 9.46. The summed E-state index contributed by atoms with van der Waals surface area (Å²) in [5, 5.41) is 11.8. The highest BCUT2D eigenvalue weighted by Crippen LogP contribution is 2.41. The monoisotopic (exact) mass is 431 g/mol. The van der Waals surface area contributed by atoms with E-state index in [0.717, 1.165) is 28.3 Å². The van der Waals surface area contributed by atoms with Crippen LogP contribution in [0.3, 0.4) is 0 Å². The quantitative estimate of drug-likeness (QED) is 0.628. The average Bonchev–Trinajstić information content (AvgIpc) is 3.23. The van der Waals surface area contributed by atoms with Crippen LogP contribution in [0.15, 0.2) is 48.8 Å². The van der Waals surface area contributed by atoms with Crippen molar-refractivity contribution >= 4 is 23.2 Å². The fourth-order valence-electron chi connectivity index (χ4n) is 3.92. The molecule has 3 aromatic rings. The zero-order valence-electron chi connectivity index (χ0n) is 16.3. The maximum Gasteiger partial charge on any atom is 0.146 e. The van der Waals surface area contributed by atoms with Crippen molar-refractivity contribution in [2.75, 3.05) is 7.05 Å². The lowest BCUT2D eigenvalue weighted by molar-refractivity contribution is 0.0724. The van der Waals surface area contributed by atoms with Crippen molar-refractivity contribution in [1.82, 2.24) is 14.5 Å². The van der Waals surface area contributed by atoms with Crippen molar-refractivity contribution in [3.63, 3.8) is 0 Å². The molecular weight excluding hydrogens is 409 g/mol. The van der Waals surface area contributed by atoms with Gasteiger partial charge in [0.1, 0.15) is 18.2 Å². The topological polar surface area (TPSA) is 50.5 Å². The molecule has 7 heteroatoms. The number of imidazole rings is 1. The summed E-state index contributed by atoms with van der Waals surface area (Å²) in [7, 11) is 3.95. The van der Waals surface area contributed by atoms with Crippen molar-refractivity contribution in [1.29, 1.82) is 0 Å². The van der Waals surface area contributed by atoms with Gasteiger partial charge in [0.25, 0.3) is 0 Å². The number of nitrogens with zero attached hydrogens (tertiary/aromatic N) is 3. The Kier molecular flexibility index (Phi) is 5.83. The third-order valence-electron chi connectivity index (χ3n) is 5.41. The van der Waals surface area contributed by atoms with Crippen LogP contribution in [0.2, 0.25) is 10.0 Å². The normalized spacial score (nSPS) is 18.3. The zero-order chi connectivity index (χ0) is 20.5. The first kappa shape index (κ1) is 20.2. The highest BCUT2D eigenvalue weighted by molar-refractivity contribution is 6.35. The van der Waals surface area contributed by atoms with Gasteiger partial charge in [-0.05, 0) is 48.0 Å². The van der Waals surface area contributed by atoms with E-state index in [1.54, 1.807) is 12.3 Å². The summed E-state index contributed by atoms with van der Waals surface area (Å²) in [6, 6.07) is 11.5. The number of aromatic nitrogens is 2. The molecule has 0 aliphatic heterocycles. The number of likely N-dealkylation sites (N-methyl/N-ethyl adjacent to an activating group) is 1. The van der Waals surface area contributed by atoms with Crippen LogP contribution in [0.5, 0.6) is 5.75 Å². The first-order chi connectivity index (χ1) is 13.9. The molecule has 2 unspecified atom stereocenters. The molecule has 1 aliphatic rings. The highest BCUT2D eigenvalue weighted by atomic mass is 35.5. The minimum atomic E-state index is -0.508. The molecule has 29 heavy (non-hydrogen) atoms. The van der Waals surface area contributed by atoms with Gasteiger partial charge < -0.3 is 14.4 Å². The minimum Gasteiger partial charge on any atom is -0.486 e. The number of fused-ring (bicyclic) bond motifs is 1. The van der Waals surface area contributed by atoms with Crippen molar-refractivity contribution in [3.8, 4) is 5.75 Å². The van der Waals surface area contributed by atoms with Crippen molar-refractivity contribution in [2.45, 2.75) is 31.7 Å². The van der Waals surface area contributed by atoms with Gasteiger partial charge in [-0.1, -0.05) is 35.3 Å². The van der Waals surface area contributed by atoms with Crippen molar-refractivity contribution in [2.24, 2.45) is 7.05 Å². The van der Waals surface area contributed by atoms with Crippen molar-refractivity contribution in [3.05, 3.63) is 81.4 Å². The second-order valence-electron chi connectivity index (χ2n) is 7.47. The van der Waals surface area contributed by atoms with Crippen LogP contribution in [0.4, 0.5) is 0 Å². The molecule has 1 aliphatic carbocycles. The van der Waals surface area contributed by atoms with E-state index in [1.165, 1.54) is 0 Å². The molecule has 0 radical (unpaired) electrons. The third kappa shape index (κ3) is 4.28. The number of aliphatic hydroxyl groups is 1. The third-order valence-corrected chi connectivity index (χ3v) is 5.97. The number of hydrogen-bond donors (Lipinski definition) is 1. The zero-order valence-corrected chi connectivity index (χ0v) is 17.9. The average molecular weight is 432 g/mol. The summed E-state index contributed by atoms with van der Waals surface area (Å²) in [6.45, 7) is 1.11. The van der Waals surface area contributed by atoms with Gasteiger partial charge in [-0.25, -0.2) is 4.98 Å². The van der Waals surface area contributed by atoms with E-state index in [9.17, 15) is 5.11 Å². The van der Waals surface area contributed by atoms with Crippen LogP contribution < -0.4 is 4.74 Å². The number of rotatable bonds is 6. The molecule has 2 atom stereocenters. The molecule has 0 bridgehead atoms. The summed E-state index contributed by atoms with van der Waals surface area (Å²) in [5.74, 6) is 1.67. The number of aliphatic hydroxyl groups excluding tert-OH is 1. The molecule has 2 aromatic carbocycles. The lowest BCUT2D eigenvalue weighted by atomic mass is 10.1. The Morgan fingerprint density at radius 2 is 2.00 bits per heavy atom. The largest absolute Gasteiger partial charge is 0.486 e. The van der Waals surface area contributed by atoms with Gasteiger partial charge in [-0.15, -0.1) is 0 Å². The number of aryl methyl sites for hydroxylation is 1. The van der Waals surface area contributed by atoms with E-state index in [-0.39, 0.29) is 6.04 Å². The van der Waals surface area contributed by atoms with Crippen LogP contribution in [0.25, 0.3) is 0 Å². The Labute approximate surface area is 180 Å². The molecular formula is C22H23Cl2N3O2. The number of halogens is 2. The van der Waals surface area contributed by atoms with Gasteiger partial charge >= 0.3 is 0 Å². The highest BCUT2D eigenvalue weighted by Gasteiger charge is 2.35. The molecule has 5 nitrogen and oxygen atoms in total. The predicted molar refractivity (Wildman–Crippen MR) is 114 cm³/mol. The number of benzene rings is 2. The second kappa shape index (κ2) is 8.36. The predicted octanol–water partition coefficient (Wildman–Crippen LogP) is 4.40. The van der Waals surface area contributed by atoms with Crippen molar-refractivity contribution < 1.29 is 9.84 Å². The summed E-state index contributed by atoms with van der Waals surface area (Å²) in [6.07, 6.45) is 3.69. The lowest BCUT2D eigenvalue weighted by Crippen LogP contribution is -2.30. The van der Waals surface area contributed by atoms with Gasteiger partial charge in [0.15, 0.2) is 0 Å². The molecule has 152 valence electrons. The van der Waals surface area contributed by atoms with Crippen LogP contribution in [-0.4, -0.2) is 32.7 Å². The van der Waals surface area contributed by atoms with Gasteiger partial charge in [-0.2, -0.15) is 0 Å². The Morgan fingerprint density at radius 1 is 1.24 bits per heavy atom.